The van der Waals surface area contributed by atoms with Gasteiger partial charge in [0, 0.05) is 6.54 Å². The van der Waals surface area contributed by atoms with Crippen LogP contribution in [0.15, 0.2) is 12.7 Å². The Balaban J connectivity index is 2.31. The van der Waals surface area contributed by atoms with Gasteiger partial charge >= 0.3 is 0 Å². The second kappa shape index (κ2) is 4.80. The Morgan fingerprint density at radius 2 is 2.08 bits per heavy atom. The van der Waals surface area contributed by atoms with E-state index in [-0.39, 0.29) is 0 Å². The van der Waals surface area contributed by atoms with Gasteiger partial charge in [-0.25, -0.2) is 0 Å². The fourth-order valence-corrected chi connectivity index (χ4v) is 1.98. The molecule has 1 aliphatic heterocycles. The van der Waals surface area contributed by atoms with Gasteiger partial charge in [-0.3, -0.25) is 0 Å². The number of hydrogen-bond donors (Lipinski definition) is 0. The zero-order valence-corrected chi connectivity index (χ0v) is 9.18. The van der Waals surface area contributed by atoms with Crippen LogP contribution in [0.1, 0.15) is 39.5 Å². The fraction of sp³-hybridized carbons (Fsp3) is 0.833. The number of rotatable bonds is 3. The zero-order chi connectivity index (χ0) is 9.73. The molecule has 0 aromatic heterocycles. The lowest BCUT2D eigenvalue weighted by molar-refractivity contribution is 0.266. The zero-order valence-electron chi connectivity index (χ0n) is 9.18. The van der Waals surface area contributed by atoms with Crippen LogP contribution in [0.4, 0.5) is 0 Å². The van der Waals surface area contributed by atoms with Gasteiger partial charge in [0.15, 0.2) is 0 Å². The Hall–Kier alpha value is -0.300. The molecule has 1 aliphatic rings. The van der Waals surface area contributed by atoms with E-state index in [9.17, 15) is 0 Å². The first-order valence-electron chi connectivity index (χ1n) is 5.47. The van der Waals surface area contributed by atoms with Gasteiger partial charge in [-0.1, -0.05) is 19.9 Å². The highest BCUT2D eigenvalue weighted by Crippen LogP contribution is 2.29. The van der Waals surface area contributed by atoms with Gasteiger partial charge in [-0.15, -0.1) is 6.58 Å². The number of likely N-dealkylation sites (tertiary alicyclic amines) is 1. The predicted octanol–water partition coefficient (Wildman–Crippen LogP) is 3.07. The Kier molecular flexibility index (Phi) is 3.98. The monoisotopic (exact) mass is 181 g/mol. The minimum atomic E-state index is 0.572. The van der Waals surface area contributed by atoms with E-state index in [2.05, 4.69) is 25.3 Å². The minimum Gasteiger partial charge on any atom is -0.303 e. The molecule has 13 heavy (non-hydrogen) atoms. The molecule has 0 aromatic rings. The molecule has 0 bridgehead atoms. The first-order valence-corrected chi connectivity index (χ1v) is 5.47. The van der Waals surface area contributed by atoms with Crippen molar-refractivity contribution >= 4 is 0 Å². The Morgan fingerprint density at radius 1 is 1.31 bits per heavy atom. The van der Waals surface area contributed by atoms with Crippen LogP contribution < -0.4 is 0 Å². The van der Waals surface area contributed by atoms with Gasteiger partial charge in [0.1, 0.15) is 0 Å². The van der Waals surface area contributed by atoms with Gasteiger partial charge in [-0.2, -0.15) is 0 Å². The predicted molar refractivity (Wildman–Crippen MR) is 58.9 cm³/mol. The maximum atomic E-state index is 3.77. The summed E-state index contributed by atoms with van der Waals surface area (Å²) in [5.41, 5.74) is 0.572. The lowest BCUT2D eigenvalue weighted by Gasteiger charge is -2.22. The molecular weight excluding hydrogens is 158 g/mol. The Morgan fingerprint density at radius 3 is 2.77 bits per heavy atom. The normalized spacial score (nSPS) is 23.8. The van der Waals surface area contributed by atoms with Gasteiger partial charge in [0.25, 0.3) is 0 Å². The van der Waals surface area contributed by atoms with E-state index >= 15 is 0 Å². The summed E-state index contributed by atoms with van der Waals surface area (Å²) in [4.78, 5) is 2.58. The van der Waals surface area contributed by atoms with Crippen LogP contribution in [0, 0.1) is 5.41 Å². The molecule has 1 fully saturated rings. The summed E-state index contributed by atoms with van der Waals surface area (Å²) in [5.74, 6) is 0. The van der Waals surface area contributed by atoms with E-state index in [0.29, 0.717) is 5.41 Å². The van der Waals surface area contributed by atoms with E-state index in [1.54, 1.807) is 0 Å². The molecule has 0 atom stereocenters. The highest BCUT2D eigenvalue weighted by molar-refractivity contribution is 4.77. The maximum absolute atomic E-state index is 3.77. The third-order valence-corrected chi connectivity index (χ3v) is 3.08. The Bertz CT molecular complexity index is 161. The average molecular weight is 181 g/mol. The highest BCUT2D eigenvalue weighted by Gasteiger charge is 2.22. The van der Waals surface area contributed by atoms with Crippen LogP contribution in [-0.4, -0.2) is 24.5 Å². The number of hydrogen-bond acceptors (Lipinski definition) is 1. The molecule has 0 aliphatic carbocycles. The summed E-state index contributed by atoms with van der Waals surface area (Å²) in [5, 5.41) is 0. The van der Waals surface area contributed by atoms with Gasteiger partial charge in [0.2, 0.25) is 0 Å². The summed E-state index contributed by atoms with van der Waals surface area (Å²) in [6.07, 6.45) is 7.27. The molecule has 1 heteroatoms. The second-order valence-electron chi connectivity index (χ2n) is 4.94. The SMILES string of the molecule is C=CCCN1CCCC(C)(C)CC1. The van der Waals surface area contributed by atoms with E-state index < -0.39 is 0 Å². The molecule has 1 heterocycles. The first-order chi connectivity index (χ1) is 6.14. The van der Waals surface area contributed by atoms with Gasteiger partial charge in [-0.05, 0) is 44.2 Å². The summed E-state index contributed by atoms with van der Waals surface area (Å²) >= 11 is 0. The van der Waals surface area contributed by atoms with E-state index in [1.807, 2.05) is 6.08 Å². The molecule has 0 radical (unpaired) electrons. The molecule has 0 amide bonds. The molecule has 1 nitrogen and oxygen atoms in total. The Labute approximate surface area is 82.8 Å². The third kappa shape index (κ3) is 3.95. The summed E-state index contributed by atoms with van der Waals surface area (Å²) in [6.45, 7) is 12.3. The van der Waals surface area contributed by atoms with Crippen molar-refractivity contribution in [2.75, 3.05) is 19.6 Å². The molecule has 0 N–H and O–H groups in total. The van der Waals surface area contributed by atoms with E-state index in [4.69, 9.17) is 0 Å². The average Bonchev–Trinajstić information content (AvgIpc) is 2.23. The maximum Gasteiger partial charge on any atom is 0.00158 e. The van der Waals surface area contributed by atoms with Crippen LogP contribution in [-0.2, 0) is 0 Å². The molecule has 0 unspecified atom stereocenters. The van der Waals surface area contributed by atoms with Crippen molar-refractivity contribution in [3.8, 4) is 0 Å². The molecule has 0 saturated carbocycles. The second-order valence-corrected chi connectivity index (χ2v) is 4.94. The van der Waals surface area contributed by atoms with Crippen LogP contribution >= 0.6 is 0 Å². The van der Waals surface area contributed by atoms with E-state index in [1.165, 1.54) is 38.9 Å². The molecule has 1 rings (SSSR count). The minimum absolute atomic E-state index is 0.572. The molecule has 1 saturated heterocycles. The third-order valence-electron chi connectivity index (χ3n) is 3.08. The molecule has 0 spiro atoms. The lowest BCUT2D eigenvalue weighted by Crippen LogP contribution is -2.26. The van der Waals surface area contributed by atoms with Crippen molar-refractivity contribution in [3.63, 3.8) is 0 Å². The standard InChI is InChI=1S/C12H23N/c1-4-5-9-13-10-6-7-12(2,3)8-11-13/h4H,1,5-11H2,2-3H3. The van der Waals surface area contributed by atoms with Crippen LogP contribution in [0.2, 0.25) is 0 Å². The summed E-state index contributed by atoms with van der Waals surface area (Å²) in [6, 6.07) is 0. The van der Waals surface area contributed by atoms with Crippen molar-refractivity contribution in [1.82, 2.24) is 4.90 Å². The van der Waals surface area contributed by atoms with Crippen molar-refractivity contribution in [2.24, 2.45) is 5.41 Å². The van der Waals surface area contributed by atoms with Crippen molar-refractivity contribution in [1.29, 1.82) is 0 Å². The van der Waals surface area contributed by atoms with Gasteiger partial charge < -0.3 is 4.90 Å². The van der Waals surface area contributed by atoms with Crippen LogP contribution in [0.5, 0.6) is 0 Å². The largest absolute Gasteiger partial charge is 0.303 e. The number of nitrogens with zero attached hydrogens (tertiary/aromatic N) is 1. The highest BCUT2D eigenvalue weighted by atomic mass is 15.1. The quantitative estimate of drug-likeness (QED) is 0.605. The van der Waals surface area contributed by atoms with Crippen molar-refractivity contribution < 1.29 is 0 Å². The fourth-order valence-electron chi connectivity index (χ4n) is 1.98. The first kappa shape index (κ1) is 10.8. The van der Waals surface area contributed by atoms with Crippen molar-refractivity contribution in [3.05, 3.63) is 12.7 Å². The van der Waals surface area contributed by atoms with Crippen molar-refractivity contribution in [2.45, 2.75) is 39.5 Å². The van der Waals surface area contributed by atoms with Crippen LogP contribution in [0.3, 0.4) is 0 Å². The lowest BCUT2D eigenvalue weighted by atomic mass is 9.85. The molecule has 76 valence electrons. The molecular formula is C12H23N. The van der Waals surface area contributed by atoms with E-state index in [0.717, 1.165) is 6.42 Å². The summed E-state index contributed by atoms with van der Waals surface area (Å²) < 4.78 is 0. The topological polar surface area (TPSA) is 3.24 Å². The molecule has 0 aromatic carbocycles. The van der Waals surface area contributed by atoms with Crippen LogP contribution in [0.25, 0.3) is 0 Å². The van der Waals surface area contributed by atoms with Gasteiger partial charge in [0.05, 0.1) is 0 Å². The smallest absolute Gasteiger partial charge is 0.00158 e. The summed E-state index contributed by atoms with van der Waals surface area (Å²) in [7, 11) is 0.